The number of rotatable bonds is 3. The van der Waals surface area contributed by atoms with E-state index in [9.17, 15) is 9.59 Å². The van der Waals surface area contributed by atoms with Crippen LogP contribution in [0.1, 0.15) is 49.4 Å². The maximum Gasteiger partial charge on any atom is 0.259 e. The van der Waals surface area contributed by atoms with Crippen LogP contribution < -0.4 is 11.0 Å². The second kappa shape index (κ2) is 7.07. The number of H-pyrrole nitrogens is 1. The smallest absolute Gasteiger partial charge is 0.259 e. The minimum atomic E-state index is -0.259. The molecular weight excluding hydrogens is 336 g/mol. The normalized spacial score (nSPS) is 22.5. The number of carbonyl (C=O) groups is 1. The van der Waals surface area contributed by atoms with Crippen LogP contribution in [0.2, 0.25) is 0 Å². The van der Waals surface area contributed by atoms with Gasteiger partial charge in [0.25, 0.3) is 5.56 Å². The Kier molecular flexibility index (Phi) is 5.03. The third-order valence-electron chi connectivity index (χ3n) is 5.01. The Morgan fingerprint density at radius 1 is 1.32 bits per heavy atom. The molecule has 2 N–H and O–H groups in total. The van der Waals surface area contributed by atoms with Crippen molar-refractivity contribution < 1.29 is 4.79 Å². The van der Waals surface area contributed by atoms with E-state index < -0.39 is 0 Å². The minimum absolute atomic E-state index is 0.0146. The van der Waals surface area contributed by atoms with E-state index in [-0.39, 0.29) is 17.9 Å². The van der Waals surface area contributed by atoms with E-state index in [2.05, 4.69) is 34.3 Å². The standard InChI is InChI=1S/C18H24N4O2S/c1-9-6-5-7-10(2)16(9)22-21-14(23)8-13-19-17(24)15-11(3)12(4)25-18(15)20-13/h9-10H,5-8H2,1-4H3,(H,21,23)(H,19,20,24)/t9-,10+. The van der Waals surface area contributed by atoms with Crippen LogP contribution in [0.3, 0.4) is 0 Å². The van der Waals surface area contributed by atoms with Crippen LogP contribution in [-0.2, 0) is 11.2 Å². The molecule has 3 rings (SSSR count). The Morgan fingerprint density at radius 3 is 2.68 bits per heavy atom. The Bertz CT molecular complexity index is 884. The van der Waals surface area contributed by atoms with E-state index in [0.29, 0.717) is 27.9 Å². The molecule has 2 aromatic heterocycles. The lowest BCUT2D eigenvalue weighted by atomic mass is 9.81. The summed E-state index contributed by atoms with van der Waals surface area (Å²) in [6.45, 7) is 8.18. The van der Waals surface area contributed by atoms with E-state index in [0.717, 1.165) is 29.0 Å². The van der Waals surface area contributed by atoms with Gasteiger partial charge in [0.1, 0.15) is 10.7 Å². The SMILES string of the molecule is Cc1sc2nc(CC(=O)NN=C3[C@H](C)CCC[C@@H]3C)[nH]c(=O)c2c1C. The van der Waals surface area contributed by atoms with Gasteiger partial charge in [0, 0.05) is 10.6 Å². The van der Waals surface area contributed by atoms with Crippen LogP contribution in [0.5, 0.6) is 0 Å². The van der Waals surface area contributed by atoms with Crippen molar-refractivity contribution >= 4 is 33.2 Å². The summed E-state index contributed by atoms with van der Waals surface area (Å²) in [6, 6.07) is 0. The average Bonchev–Trinajstić information content (AvgIpc) is 2.81. The first kappa shape index (κ1) is 17.8. The van der Waals surface area contributed by atoms with Crippen molar-refractivity contribution in [3.8, 4) is 0 Å². The maximum absolute atomic E-state index is 12.3. The summed E-state index contributed by atoms with van der Waals surface area (Å²) in [4.78, 5) is 33.4. The lowest BCUT2D eigenvalue weighted by molar-refractivity contribution is -0.120. The van der Waals surface area contributed by atoms with Gasteiger partial charge in [0.15, 0.2) is 0 Å². The van der Waals surface area contributed by atoms with Crippen LogP contribution in [-0.4, -0.2) is 21.6 Å². The van der Waals surface area contributed by atoms with Gasteiger partial charge in [-0.2, -0.15) is 5.10 Å². The van der Waals surface area contributed by atoms with Crippen LogP contribution in [0, 0.1) is 25.7 Å². The Morgan fingerprint density at radius 2 is 2.00 bits per heavy atom. The van der Waals surface area contributed by atoms with Gasteiger partial charge >= 0.3 is 0 Å². The van der Waals surface area contributed by atoms with Crippen LogP contribution in [0.15, 0.2) is 9.90 Å². The number of amides is 1. The number of nitrogens with one attached hydrogen (secondary N) is 2. The van der Waals surface area contributed by atoms with E-state index >= 15 is 0 Å². The summed E-state index contributed by atoms with van der Waals surface area (Å²) < 4.78 is 0. The van der Waals surface area contributed by atoms with Crippen LogP contribution in [0.25, 0.3) is 10.2 Å². The highest BCUT2D eigenvalue weighted by Crippen LogP contribution is 2.26. The molecule has 1 aliphatic rings. The first-order chi connectivity index (χ1) is 11.9. The molecule has 7 heteroatoms. The van der Waals surface area contributed by atoms with Crippen LogP contribution >= 0.6 is 11.3 Å². The summed E-state index contributed by atoms with van der Waals surface area (Å²) in [7, 11) is 0. The molecule has 0 saturated heterocycles. The number of carbonyl (C=O) groups excluding carboxylic acids is 1. The molecule has 0 bridgehead atoms. The zero-order valence-electron chi connectivity index (χ0n) is 15.1. The first-order valence-electron chi connectivity index (χ1n) is 8.72. The van der Waals surface area contributed by atoms with Gasteiger partial charge in [-0.05, 0) is 44.1 Å². The fraction of sp³-hybridized carbons (Fsp3) is 0.556. The molecule has 0 aliphatic heterocycles. The summed E-state index contributed by atoms with van der Waals surface area (Å²) in [5, 5.41) is 4.97. The maximum atomic E-state index is 12.3. The summed E-state index contributed by atoms with van der Waals surface area (Å²) in [5.74, 6) is 0.914. The molecule has 0 unspecified atom stereocenters. The highest BCUT2D eigenvalue weighted by Gasteiger charge is 2.23. The highest BCUT2D eigenvalue weighted by molar-refractivity contribution is 7.18. The van der Waals surface area contributed by atoms with Gasteiger partial charge in [-0.15, -0.1) is 11.3 Å². The molecule has 25 heavy (non-hydrogen) atoms. The van der Waals surface area contributed by atoms with Gasteiger partial charge < -0.3 is 4.98 Å². The highest BCUT2D eigenvalue weighted by atomic mass is 32.1. The van der Waals surface area contributed by atoms with Crippen molar-refractivity contribution in [3.63, 3.8) is 0 Å². The first-order valence-corrected chi connectivity index (χ1v) is 9.53. The molecule has 0 aromatic carbocycles. The molecule has 2 heterocycles. The number of aryl methyl sites for hydroxylation is 2. The number of fused-ring (bicyclic) bond motifs is 1. The molecule has 134 valence electrons. The zero-order chi connectivity index (χ0) is 18.1. The molecule has 0 radical (unpaired) electrons. The fourth-order valence-electron chi connectivity index (χ4n) is 3.43. The Balaban J connectivity index is 1.75. The van der Waals surface area contributed by atoms with E-state index in [1.807, 2.05) is 13.8 Å². The number of aromatic amines is 1. The Labute approximate surface area is 150 Å². The van der Waals surface area contributed by atoms with E-state index in [1.54, 1.807) is 0 Å². The van der Waals surface area contributed by atoms with E-state index in [1.165, 1.54) is 17.8 Å². The van der Waals surface area contributed by atoms with Gasteiger partial charge in [-0.3, -0.25) is 9.59 Å². The van der Waals surface area contributed by atoms with Crippen molar-refractivity contribution in [2.75, 3.05) is 0 Å². The third-order valence-corrected chi connectivity index (χ3v) is 6.11. The number of thiophene rings is 1. The molecule has 6 nitrogen and oxygen atoms in total. The monoisotopic (exact) mass is 360 g/mol. The largest absolute Gasteiger partial charge is 0.309 e. The predicted molar refractivity (Wildman–Crippen MR) is 101 cm³/mol. The molecule has 0 spiro atoms. The summed E-state index contributed by atoms with van der Waals surface area (Å²) in [6.07, 6.45) is 3.45. The van der Waals surface area contributed by atoms with Gasteiger partial charge in [0.2, 0.25) is 5.91 Å². The number of hydrogen-bond donors (Lipinski definition) is 2. The predicted octanol–water partition coefficient (Wildman–Crippen LogP) is 3.07. The second-order valence-electron chi connectivity index (χ2n) is 6.96. The van der Waals surface area contributed by atoms with Gasteiger partial charge in [-0.1, -0.05) is 20.3 Å². The molecule has 1 fully saturated rings. The molecule has 2 atom stereocenters. The van der Waals surface area contributed by atoms with Gasteiger partial charge in [-0.25, -0.2) is 10.4 Å². The molecular formula is C18H24N4O2S. The quantitative estimate of drug-likeness (QED) is 0.825. The second-order valence-corrected chi connectivity index (χ2v) is 8.16. The van der Waals surface area contributed by atoms with E-state index in [4.69, 9.17) is 0 Å². The third kappa shape index (κ3) is 3.66. The number of hydrogen-bond acceptors (Lipinski definition) is 5. The van der Waals surface area contributed by atoms with Crippen molar-refractivity contribution in [2.24, 2.45) is 16.9 Å². The lowest BCUT2D eigenvalue weighted by Crippen LogP contribution is -2.30. The summed E-state index contributed by atoms with van der Waals surface area (Å²) in [5.41, 5.74) is 4.46. The molecule has 1 saturated carbocycles. The molecule has 2 aromatic rings. The van der Waals surface area contributed by atoms with Crippen molar-refractivity contribution in [1.29, 1.82) is 0 Å². The summed E-state index contributed by atoms with van der Waals surface area (Å²) >= 11 is 1.48. The van der Waals surface area contributed by atoms with Crippen LogP contribution in [0.4, 0.5) is 0 Å². The minimum Gasteiger partial charge on any atom is -0.309 e. The molecule has 1 aliphatic carbocycles. The topological polar surface area (TPSA) is 87.2 Å². The Hall–Kier alpha value is -2.02. The number of aromatic nitrogens is 2. The fourth-order valence-corrected chi connectivity index (χ4v) is 4.48. The number of nitrogens with zero attached hydrogens (tertiary/aromatic N) is 2. The van der Waals surface area contributed by atoms with Crippen molar-refractivity contribution in [2.45, 2.75) is 53.4 Å². The average molecular weight is 360 g/mol. The number of hydrazone groups is 1. The van der Waals surface area contributed by atoms with Gasteiger partial charge in [0.05, 0.1) is 11.8 Å². The molecule has 1 amide bonds. The van der Waals surface area contributed by atoms with Crippen molar-refractivity contribution in [3.05, 3.63) is 26.6 Å². The van der Waals surface area contributed by atoms with Crippen molar-refractivity contribution in [1.82, 2.24) is 15.4 Å². The zero-order valence-corrected chi connectivity index (χ0v) is 15.9. The lowest BCUT2D eigenvalue weighted by Gasteiger charge is -2.26.